The van der Waals surface area contributed by atoms with Crippen LogP contribution in [0.1, 0.15) is 25.7 Å². The minimum absolute atomic E-state index is 0.189. The van der Waals surface area contributed by atoms with Crippen LogP contribution >= 0.6 is 27.5 Å². The molecule has 0 amide bonds. The van der Waals surface area contributed by atoms with Gasteiger partial charge in [0, 0.05) is 16.4 Å². The summed E-state index contributed by atoms with van der Waals surface area (Å²) in [5.74, 6) is 0.346. The largest absolute Gasteiger partial charge is 0.240 e. The third kappa shape index (κ3) is 4.45. The van der Waals surface area contributed by atoms with E-state index in [2.05, 4.69) is 20.7 Å². The zero-order chi connectivity index (χ0) is 13.9. The van der Waals surface area contributed by atoms with Crippen LogP contribution in [0.3, 0.4) is 0 Å². The van der Waals surface area contributed by atoms with Gasteiger partial charge in [-0.3, -0.25) is 0 Å². The molecule has 0 heterocycles. The van der Waals surface area contributed by atoms with E-state index in [0.29, 0.717) is 17.4 Å². The fourth-order valence-electron chi connectivity index (χ4n) is 2.36. The molecular formula is C13H17BrClNO2S. The molecule has 0 aromatic heterocycles. The van der Waals surface area contributed by atoms with E-state index >= 15 is 0 Å². The van der Waals surface area contributed by atoms with Crippen LogP contribution in [0.2, 0.25) is 0 Å². The molecule has 1 N–H and O–H groups in total. The second-order valence-corrected chi connectivity index (χ2v) is 8.24. The normalized spacial score (nSPS) is 24.3. The van der Waals surface area contributed by atoms with E-state index in [4.69, 9.17) is 11.6 Å². The molecular weight excluding hydrogens is 350 g/mol. The standard InChI is InChI=1S/C13H17BrClNO2S/c14-11-4-2-6-13(8-11)19(17,18)16-9-10-3-1-5-12(15)7-10/h2,4,6,8,10,12,16H,1,3,5,7,9H2. The van der Waals surface area contributed by atoms with E-state index in [1.54, 1.807) is 24.3 Å². The van der Waals surface area contributed by atoms with Crippen LogP contribution in [0.25, 0.3) is 0 Å². The fourth-order valence-corrected chi connectivity index (χ4v) is 4.47. The van der Waals surface area contributed by atoms with Crippen molar-refractivity contribution in [1.82, 2.24) is 4.72 Å². The first-order valence-corrected chi connectivity index (χ1v) is 9.08. The third-order valence-electron chi connectivity index (χ3n) is 3.39. The van der Waals surface area contributed by atoms with Crippen molar-refractivity contribution in [3.63, 3.8) is 0 Å². The zero-order valence-electron chi connectivity index (χ0n) is 10.5. The molecule has 1 aliphatic carbocycles. The molecule has 1 saturated carbocycles. The number of hydrogen-bond donors (Lipinski definition) is 1. The molecule has 6 heteroatoms. The van der Waals surface area contributed by atoms with E-state index < -0.39 is 10.0 Å². The highest BCUT2D eigenvalue weighted by atomic mass is 79.9. The third-order valence-corrected chi connectivity index (χ3v) is 5.70. The van der Waals surface area contributed by atoms with Crippen LogP contribution in [-0.4, -0.2) is 20.3 Å². The van der Waals surface area contributed by atoms with E-state index in [1.807, 2.05) is 0 Å². The minimum Gasteiger partial charge on any atom is -0.211 e. The summed E-state index contributed by atoms with van der Waals surface area (Å²) in [6, 6.07) is 6.72. The van der Waals surface area contributed by atoms with Crippen molar-refractivity contribution in [3.05, 3.63) is 28.7 Å². The number of rotatable bonds is 4. The predicted octanol–water partition coefficient (Wildman–Crippen LogP) is 3.53. The summed E-state index contributed by atoms with van der Waals surface area (Å²) in [6.45, 7) is 0.470. The molecule has 2 rings (SSSR count). The van der Waals surface area contributed by atoms with Crippen molar-refractivity contribution in [2.24, 2.45) is 5.92 Å². The van der Waals surface area contributed by atoms with Crippen molar-refractivity contribution in [2.75, 3.05) is 6.54 Å². The van der Waals surface area contributed by atoms with Crippen molar-refractivity contribution in [1.29, 1.82) is 0 Å². The Morgan fingerprint density at radius 2 is 2.16 bits per heavy atom. The summed E-state index contributed by atoms with van der Waals surface area (Å²) in [5, 5.41) is 0.189. The van der Waals surface area contributed by atoms with Crippen LogP contribution in [0, 0.1) is 5.92 Å². The maximum atomic E-state index is 12.1. The minimum atomic E-state index is -3.42. The van der Waals surface area contributed by atoms with Crippen LogP contribution in [0.15, 0.2) is 33.6 Å². The lowest BCUT2D eigenvalue weighted by Gasteiger charge is -2.25. The van der Waals surface area contributed by atoms with Gasteiger partial charge in [0.25, 0.3) is 0 Å². The van der Waals surface area contributed by atoms with Gasteiger partial charge in [-0.25, -0.2) is 13.1 Å². The summed E-state index contributed by atoms with van der Waals surface area (Å²) in [5.41, 5.74) is 0. The molecule has 0 aliphatic heterocycles. The predicted molar refractivity (Wildman–Crippen MR) is 80.9 cm³/mol. The quantitative estimate of drug-likeness (QED) is 0.829. The molecule has 0 saturated heterocycles. The second-order valence-electron chi connectivity index (χ2n) is 4.94. The monoisotopic (exact) mass is 365 g/mol. The molecule has 0 radical (unpaired) electrons. The number of sulfonamides is 1. The molecule has 106 valence electrons. The first-order valence-electron chi connectivity index (χ1n) is 6.36. The van der Waals surface area contributed by atoms with E-state index in [1.165, 1.54) is 0 Å². The molecule has 0 spiro atoms. The maximum Gasteiger partial charge on any atom is 0.240 e. The first kappa shape index (κ1) is 15.3. The van der Waals surface area contributed by atoms with E-state index in [0.717, 1.165) is 30.2 Å². The van der Waals surface area contributed by atoms with Gasteiger partial charge in [0.05, 0.1) is 4.90 Å². The van der Waals surface area contributed by atoms with Crippen LogP contribution in [-0.2, 0) is 10.0 Å². The molecule has 2 atom stereocenters. The Bertz CT molecular complexity index is 535. The highest BCUT2D eigenvalue weighted by molar-refractivity contribution is 9.10. The summed E-state index contributed by atoms with van der Waals surface area (Å²) < 4.78 is 27.7. The Labute approximate surface area is 127 Å². The lowest BCUT2D eigenvalue weighted by Crippen LogP contribution is -2.32. The Hall–Kier alpha value is -0.100. The molecule has 0 bridgehead atoms. The summed E-state index contributed by atoms with van der Waals surface area (Å²) >= 11 is 9.40. The summed E-state index contributed by atoms with van der Waals surface area (Å²) in [7, 11) is -3.42. The topological polar surface area (TPSA) is 46.2 Å². The van der Waals surface area contributed by atoms with Gasteiger partial charge in [-0.05, 0) is 43.4 Å². The number of benzene rings is 1. The number of halogens is 2. The number of hydrogen-bond acceptors (Lipinski definition) is 2. The van der Waals surface area contributed by atoms with Gasteiger partial charge in [0.15, 0.2) is 0 Å². The average Bonchev–Trinajstić information content (AvgIpc) is 2.37. The van der Waals surface area contributed by atoms with Gasteiger partial charge in [-0.15, -0.1) is 11.6 Å². The van der Waals surface area contributed by atoms with Crippen LogP contribution < -0.4 is 4.72 Å². The van der Waals surface area contributed by atoms with Crippen LogP contribution in [0.4, 0.5) is 0 Å². The maximum absolute atomic E-state index is 12.1. The molecule has 2 unspecified atom stereocenters. The Balaban J connectivity index is 1.98. The molecule has 19 heavy (non-hydrogen) atoms. The van der Waals surface area contributed by atoms with Gasteiger partial charge in [-0.1, -0.05) is 28.4 Å². The zero-order valence-corrected chi connectivity index (χ0v) is 13.6. The fraction of sp³-hybridized carbons (Fsp3) is 0.538. The summed E-state index contributed by atoms with van der Waals surface area (Å²) in [4.78, 5) is 0.292. The highest BCUT2D eigenvalue weighted by Crippen LogP contribution is 2.27. The van der Waals surface area contributed by atoms with Crippen molar-refractivity contribution in [3.8, 4) is 0 Å². The SMILES string of the molecule is O=S(=O)(NCC1CCCC(Cl)C1)c1cccc(Br)c1. The van der Waals surface area contributed by atoms with E-state index in [-0.39, 0.29) is 5.38 Å². The average molecular weight is 367 g/mol. The van der Waals surface area contributed by atoms with Crippen LogP contribution in [0.5, 0.6) is 0 Å². The highest BCUT2D eigenvalue weighted by Gasteiger charge is 2.22. The Kier molecular flexibility index (Phi) is 5.29. The molecule has 1 aromatic carbocycles. The Morgan fingerprint density at radius 1 is 1.37 bits per heavy atom. The van der Waals surface area contributed by atoms with E-state index in [9.17, 15) is 8.42 Å². The lowest BCUT2D eigenvalue weighted by atomic mass is 9.89. The molecule has 1 aromatic rings. The van der Waals surface area contributed by atoms with Gasteiger partial charge < -0.3 is 0 Å². The lowest BCUT2D eigenvalue weighted by molar-refractivity contribution is 0.361. The van der Waals surface area contributed by atoms with Gasteiger partial charge >= 0.3 is 0 Å². The van der Waals surface area contributed by atoms with Crippen molar-refractivity contribution < 1.29 is 8.42 Å². The number of nitrogens with one attached hydrogen (secondary N) is 1. The summed E-state index contributed by atoms with van der Waals surface area (Å²) in [6.07, 6.45) is 4.06. The molecule has 1 fully saturated rings. The molecule has 3 nitrogen and oxygen atoms in total. The second kappa shape index (κ2) is 6.57. The van der Waals surface area contributed by atoms with Crippen molar-refractivity contribution in [2.45, 2.75) is 36.0 Å². The Morgan fingerprint density at radius 3 is 2.84 bits per heavy atom. The smallest absolute Gasteiger partial charge is 0.211 e. The van der Waals surface area contributed by atoms with Gasteiger partial charge in [-0.2, -0.15) is 0 Å². The van der Waals surface area contributed by atoms with Crippen molar-refractivity contribution >= 4 is 37.6 Å². The van der Waals surface area contributed by atoms with Gasteiger partial charge in [0.2, 0.25) is 10.0 Å². The van der Waals surface area contributed by atoms with Gasteiger partial charge in [0.1, 0.15) is 0 Å². The molecule has 1 aliphatic rings. The number of alkyl halides is 1. The first-order chi connectivity index (χ1) is 8.97.